The number of hydrogen-bond acceptors (Lipinski definition) is 6. The van der Waals surface area contributed by atoms with Gasteiger partial charge in [-0.3, -0.25) is 9.36 Å². The van der Waals surface area contributed by atoms with Crippen LogP contribution in [0.5, 0.6) is 0 Å². The lowest BCUT2D eigenvalue weighted by molar-refractivity contribution is 0.0398. The number of rotatable bonds is 3. The van der Waals surface area contributed by atoms with Gasteiger partial charge in [-0.1, -0.05) is 11.6 Å². The molecule has 164 valence electrons. The van der Waals surface area contributed by atoms with Gasteiger partial charge in [0.2, 0.25) is 0 Å². The number of aryl methyl sites for hydroxylation is 1. The van der Waals surface area contributed by atoms with Gasteiger partial charge >= 0.3 is 0 Å². The Morgan fingerprint density at radius 3 is 2.84 bits per heavy atom. The summed E-state index contributed by atoms with van der Waals surface area (Å²) in [6, 6.07) is 8.22. The van der Waals surface area contributed by atoms with Crippen molar-refractivity contribution in [2.24, 2.45) is 7.05 Å². The fourth-order valence-corrected chi connectivity index (χ4v) is 4.80. The van der Waals surface area contributed by atoms with Crippen molar-refractivity contribution in [2.45, 2.75) is 13.0 Å². The van der Waals surface area contributed by atoms with Crippen LogP contribution in [0, 0.1) is 12.7 Å². The summed E-state index contributed by atoms with van der Waals surface area (Å²) in [5.41, 5.74) is 1.81. The minimum Gasteiger partial charge on any atom is -0.370 e. The first-order chi connectivity index (χ1) is 15.4. The fourth-order valence-electron chi connectivity index (χ4n) is 3.94. The van der Waals surface area contributed by atoms with Crippen LogP contribution in [-0.2, 0) is 11.8 Å². The van der Waals surface area contributed by atoms with Crippen molar-refractivity contribution in [3.63, 3.8) is 0 Å². The number of fused-ring (bicyclic) bond motifs is 1. The molecule has 4 aromatic rings. The van der Waals surface area contributed by atoms with Gasteiger partial charge in [0.15, 0.2) is 0 Å². The van der Waals surface area contributed by atoms with E-state index in [1.165, 1.54) is 10.6 Å². The molecule has 9 heteroatoms. The highest BCUT2D eigenvalue weighted by Crippen LogP contribution is 2.33. The van der Waals surface area contributed by atoms with E-state index in [1.807, 2.05) is 5.38 Å². The number of nitrogens with zero attached hydrogens (tertiary/aromatic N) is 4. The molecule has 4 heterocycles. The predicted octanol–water partition coefficient (Wildman–Crippen LogP) is 4.74. The maximum atomic E-state index is 14.9. The average molecular weight is 471 g/mol. The normalized spacial score (nSPS) is 16.6. The molecule has 0 spiro atoms. The second-order valence-electron chi connectivity index (χ2n) is 7.73. The molecule has 0 radical (unpaired) electrons. The van der Waals surface area contributed by atoms with Crippen LogP contribution >= 0.6 is 22.9 Å². The topological polar surface area (TPSA) is 60.2 Å². The Balaban J connectivity index is 1.69. The van der Waals surface area contributed by atoms with Crippen molar-refractivity contribution in [2.75, 3.05) is 24.6 Å². The van der Waals surface area contributed by atoms with Gasteiger partial charge in [0.05, 0.1) is 23.2 Å². The van der Waals surface area contributed by atoms with E-state index >= 15 is 0 Å². The van der Waals surface area contributed by atoms with Crippen LogP contribution < -0.4 is 10.5 Å². The molecule has 0 N–H and O–H groups in total. The summed E-state index contributed by atoms with van der Waals surface area (Å²) in [7, 11) is 1.65. The second-order valence-corrected chi connectivity index (χ2v) is 8.95. The molecule has 0 bridgehead atoms. The molecule has 1 aromatic carbocycles. The van der Waals surface area contributed by atoms with Gasteiger partial charge in [0.25, 0.3) is 5.56 Å². The van der Waals surface area contributed by atoms with Crippen molar-refractivity contribution < 1.29 is 9.13 Å². The predicted molar refractivity (Wildman–Crippen MR) is 125 cm³/mol. The van der Waals surface area contributed by atoms with Gasteiger partial charge in [-0.2, -0.15) is 11.3 Å². The van der Waals surface area contributed by atoms with E-state index in [0.29, 0.717) is 36.9 Å². The molecule has 32 heavy (non-hydrogen) atoms. The van der Waals surface area contributed by atoms with Gasteiger partial charge in [-0.25, -0.2) is 14.4 Å². The quantitative estimate of drug-likeness (QED) is 0.433. The molecule has 1 atom stereocenters. The van der Waals surface area contributed by atoms with Crippen molar-refractivity contribution in [3.05, 3.63) is 73.7 Å². The standard InChI is InChI=1S/C23H20ClFN4O2S/c1-13-26-18-10-20(29-6-7-31-19(11-29)14-5-8-32-12-14)27-22(21(18)23(30)28(13)2)16-4-3-15(24)9-17(16)25/h3-5,8-10,12,19H,6-7,11H2,1-2H3. The summed E-state index contributed by atoms with van der Waals surface area (Å²) in [5, 5.41) is 4.66. The van der Waals surface area contributed by atoms with E-state index in [2.05, 4.69) is 21.3 Å². The third-order valence-corrected chi connectivity index (χ3v) is 6.70. The lowest BCUT2D eigenvalue weighted by Crippen LogP contribution is -2.39. The molecule has 1 aliphatic rings. The van der Waals surface area contributed by atoms with Gasteiger partial charge in [0, 0.05) is 36.8 Å². The van der Waals surface area contributed by atoms with Crippen LogP contribution in [0.3, 0.4) is 0 Å². The summed E-state index contributed by atoms with van der Waals surface area (Å²) in [4.78, 5) is 24.6. The van der Waals surface area contributed by atoms with E-state index in [0.717, 1.165) is 5.56 Å². The minimum absolute atomic E-state index is 0.0819. The number of pyridine rings is 1. The highest BCUT2D eigenvalue weighted by atomic mass is 35.5. The average Bonchev–Trinajstić information content (AvgIpc) is 3.32. The maximum Gasteiger partial charge on any atom is 0.263 e. The zero-order chi connectivity index (χ0) is 22.4. The first-order valence-corrected chi connectivity index (χ1v) is 11.5. The maximum absolute atomic E-state index is 14.9. The van der Waals surface area contributed by atoms with Gasteiger partial charge in [-0.05, 0) is 47.5 Å². The monoisotopic (exact) mass is 470 g/mol. The van der Waals surface area contributed by atoms with Crippen LogP contribution in [0.25, 0.3) is 22.2 Å². The molecular weight excluding hydrogens is 451 g/mol. The number of halogens is 2. The Morgan fingerprint density at radius 2 is 2.09 bits per heavy atom. The molecule has 0 saturated carbocycles. The molecule has 5 rings (SSSR count). The molecule has 0 aliphatic carbocycles. The summed E-state index contributed by atoms with van der Waals surface area (Å²) < 4.78 is 22.3. The van der Waals surface area contributed by atoms with E-state index in [1.54, 1.807) is 43.5 Å². The van der Waals surface area contributed by atoms with Crippen molar-refractivity contribution in [3.8, 4) is 11.3 Å². The molecule has 1 aliphatic heterocycles. The lowest BCUT2D eigenvalue weighted by Gasteiger charge is -2.34. The Morgan fingerprint density at radius 1 is 1.25 bits per heavy atom. The number of ether oxygens (including phenoxy) is 1. The van der Waals surface area contributed by atoms with Crippen LogP contribution in [0.4, 0.5) is 10.2 Å². The molecule has 0 amide bonds. The highest BCUT2D eigenvalue weighted by Gasteiger charge is 2.26. The highest BCUT2D eigenvalue weighted by molar-refractivity contribution is 7.07. The smallest absolute Gasteiger partial charge is 0.263 e. The van der Waals surface area contributed by atoms with Crippen molar-refractivity contribution in [1.82, 2.24) is 14.5 Å². The van der Waals surface area contributed by atoms with E-state index < -0.39 is 5.82 Å². The van der Waals surface area contributed by atoms with E-state index in [-0.39, 0.29) is 33.3 Å². The number of morpholine rings is 1. The van der Waals surface area contributed by atoms with Crippen molar-refractivity contribution in [1.29, 1.82) is 0 Å². The molecule has 1 saturated heterocycles. The molecule has 1 unspecified atom stereocenters. The summed E-state index contributed by atoms with van der Waals surface area (Å²) in [5.74, 6) is 0.662. The van der Waals surface area contributed by atoms with Crippen LogP contribution in [-0.4, -0.2) is 34.2 Å². The van der Waals surface area contributed by atoms with E-state index in [4.69, 9.17) is 21.3 Å². The first kappa shape index (κ1) is 21.1. The molecule has 6 nitrogen and oxygen atoms in total. The molecule has 3 aromatic heterocycles. The molecular formula is C23H20ClFN4O2S. The minimum atomic E-state index is -0.538. The Labute approximate surface area is 192 Å². The second kappa shape index (κ2) is 8.27. The summed E-state index contributed by atoms with van der Waals surface area (Å²) >= 11 is 7.58. The summed E-state index contributed by atoms with van der Waals surface area (Å²) in [6.07, 6.45) is -0.0819. The van der Waals surface area contributed by atoms with Crippen LogP contribution in [0.2, 0.25) is 5.02 Å². The van der Waals surface area contributed by atoms with Gasteiger partial charge < -0.3 is 9.64 Å². The van der Waals surface area contributed by atoms with E-state index in [9.17, 15) is 9.18 Å². The fraction of sp³-hybridized carbons (Fsp3) is 0.261. The zero-order valence-corrected chi connectivity index (χ0v) is 19.1. The third-order valence-electron chi connectivity index (χ3n) is 5.76. The number of aromatic nitrogens is 3. The zero-order valence-electron chi connectivity index (χ0n) is 17.5. The van der Waals surface area contributed by atoms with Crippen LogP contribution in [0.1, 0.15) is 17.5 Å². The van der Waals surface area contributed by atoms with Gasteiger partial charge in [-0.15, -0.1) is 0 Å². The van der Waals surface area contributed by atoms with Crippen molar-refractivity contribution >= 4 is 39.7 Å². The largest absolute Gasteiger partial charge is 0.370 e. The Bertz CT molecular complexity index is 1370. The SMILES string of the molecule is Cc1nc2cc(N3CCOC(c4ccsc4)C3)nc(-c3ccc(Cl)cc3F)c2c(=O)n1C. The first-order valence-electron chi connectivity index (χ1n) is 10.1. The molecule has 1 fully saturated rings. The number of hydrogen-bond donors (Lipinski definition) is 0. The lowest BCUT2D eigenvalue weighted by atomic mass is 10.1. The Hall–Kier alpha value is -2.81. The number of benzene rings is 1. The Kier molecular flexibility index (Phi) is 5.44. The third kappa shape index (κ3) is 3.68. The number of anilines is 1. The summed E-state index contributed by atoms with van der Waals surface area (Å²) in [6.45, 7) is 3.53. The van der Waals surface area contributed by atoms with Gasteiger partial charge in [0.1, 0.15) is 23.6 Å². The van der Waals surface area contributed by atoms with Crippen LogP contribution in [0.15, 0.2) is 45.9 Å². The number of thiophene rings is 1.